The summed E-state index contributed by atoms with van der Waals surface area (Å²) in [7, 11) is -1.86. The number of aromatic nitrogens is 1. The maximum atomic E-state index is 13.2. The van der Waals surface area contributed by atoms with Crippen LogP contribution < -0.4 is 10.2 Å². The highest BCUT2D eigenvalue weighted by molar-refractivity contribution is 7.89. The quantitative estimate of drug-likeness (QED) is 0.797. The summed E-state index contributed by atoms with van der Waals surface area (Å²) in [4.78, 5) is 18.1. The van der Waals surface area contributed by atoms with E-state index in [4.69, 9.17) is 0 Å². The average molecular weight is 406 g/mol. The van der Waals surface area contributed by atoms with Crippen LogP contribution in [0.5, 0.6) is 0 Å². The van der Waals surface area contributed by atoms with Crippen LogP contribution in [0, 0.1) is 5.82 Å². The van der Waals surface area contributed by atoms with Crippen molar-refractivity contribution in [2.75, 3.05) is 36.9 Å². The molecule has 1 aromatic heterocycles. The van der Waals surface area contributed by atoms with Crippen LogP contribution >= 0.6 is 0 Å². The van der Waals surface area contributed by atoms with Crippen molar-refractivity contribution < 1.29 is 17.6 Å². The van der Waals surface area contributed by atoms with Crippen molar-refractivity contribution in [2.24, 2.45) is 0 Å². The van der Waals surface area contributed by atoms with Crippen LogP contribution in [0.3, 0.4) is 0 Å². The van der Waals surface area contributed by atoms with Crippen LogP contribution in [0.25, 0.3) is 0 Å². The first-order valence-electron chi connectivity index (χ1n) is 9.09. The lowest BCUT2D eigenvalue weighted by Crippen LogP contribution is -2.35. The molecule has 0 bridgehead atoms. The van der Waals surface area contributed by atoms with Crippen LogP contribution in [0.15, 0.2) is 47.5 Å². The van der Waals surface area contributed by atoms with Crippen molar-refractivity contribution in [3.8, 4) is 0 Å². The number of anilines is 2. The third-order valence-corrected chi connectivity index (χ3v) is 6.44. The second-order valence-corrected chi connectivity index (χ2v) is 8.67. The van der Waals surface area contributed by atoms with Crippen molar-refractivity contribution in [2.45, 2.75) is 24.2 Å². The number of amides is 1. The number of benzene rings is 1. The van der Waals surface area contributed by atoms with Gasteiger partial charge in [-0.15, -0.1) is 0 Å². The van der Waals surface area contributed by atoms with Gasteiger partial charge in [-0.2, -0.15) is 4.31 Å². The fourth-order valence-corrected chi connectivity index (χ4v) is 4.53. The topological polar surface area (TPSA) is 82.6 Å². The standard InChI is InChI=1S/C19H23FN4O3S/c1-23(14-19(25)22-16-7-5-6-15(20)12-16)18-9-8-17(13-21-18)28(26,27)24-10-3-2-4-11-24/h5-9,12-13H,2-4,10-11,14H2,1H3,(H,22,25). The second kappa shape index (κ2) is 8.66. The Hall–Kier alpha value is -2.52. The normalized spacial score (nSPS) is 15.2. The van der Waals surface area contributed by atoms with E-state index in [1.165, 1.54) is 34.8 Å². The van der Waals surface area contributed by atoms with Gasteiger partial charge in [-0.1, -0.05) is 12.5 Å². The molecule has 0 radical (unpaired) electrons. The number of pyridine rings is 1. The van der Waals surface area contributed by atoms with Gasteiger partial charge in [-0.05, 0) is 43.2 Å². The second-order valence-electron chi connectivity index (χ2n) is 6.73. The van der Waals surface area contributed by atoms with Gasteiger partial charge in [0, 0.05) is 32.0 Å². The number of halogens is 1. The number of nitrogens with one attached hydrogen (secondary N) is 1. The minimum Gasteiger partial charge on any atom is -0.350 e. The van der Waals surface area contributed by atoms with Gasteiger partial charge in [0.2, 0.25) is 15.9 Å². The molecule has 1 aromatic carbocycles. The zero-order valence-corrected chi connectivity index (χ0v) is 16.5. The average Bonchev–Trinajstić information content (AvgIpc) is 2.68. The summed E-state index contributed by atoms with van der Waals surface area (Å²) < 4.78 is 40.0. The molecule has 0 atom stereocenters. The number of sulfonamides is 1. The van der Waals surface area contributed by atoms with Crippen LogP contribution in [0.4, 0.5) is 15.9 Å². The molecule has 1 aliphatic heterocycles. The van der Waals surface area contributed by atoms with Crippen LogP contribution in [-0.4, -0.2) is 50.3 Å². The minimum absolute atomic E-state index is 0.0122. The number of hydrogen-bond donors (Lipinski definition) is 1. The van der Waals surface area contributed by atoms with Crippen molar-refractivity contribution in [1.82, 2.24) is 9.29 Å². The van der Waals surface area contributed by atoms with E-state index in [1.807, 2.05) is 0 Å². The molecule has 1 aliphatic rings. The van der Waals surface area contributed by atoms with Crippen LogP contribution in [0.2, 0.25) is 0 Å². The van der Waals surface area contributed by atoms with Gasteiger partial charge in [0.15, 0.2) is 0 Å². The summed E-state index contributed by atoms with van der Waals surface area (Å²) in [5, 5.41) is 2.61. The first-order chi connectivity index (χ1) is 13.4. The fourth-order valence-electron chi connectivity index (χ4n) is 3.07. The zero-order valence-electron chi connectivity index (χ0n) is 15.6. The van der Waals surface area contributed by atoms with Crippen molar-refractivity contribution in [1.29, 1.82) is 0 Å². The molecule has 1 N–H and O–H groups in total. The molecule has 150 valence electrons. The molecule has 0 unspecified atom stereocenters. The maximum Gasteiger partial charge on any atom is 0.244 e. The first-order valence-corrected chi connectivity index (χ1v) is 10.5. The lowest BCUT2D eigenvalue weighted by Gasteiger charge is -2.26. The van der Waals surface area contributed by atoms with Gasteiger partial charge in [0.25, 0.3) is 0 Å². The molecule has 3 rings (SSSR count). The Kier molecular flexibility index (Phi) is 6.25. The molecule has 28 heavy (non-hydrogen) atoms. The smallest absolute Gasteiger partial charge is 0.244 e. The molecule has 9 heteroatoms. The molecule has 2 heterocycles. The monoisotopic (exact) mass is 406 g/mol. The third kappa shape index (κ3) is 4.85. The van der Waals surface area contributed by atoms with Crippen molar-refractivity contribution >= 4 is 27.4 Å². The predicted molar refractivity (Wildman–Crippen MR) is 105 cm³/mol. The summed E-state index contributed by atoms with van der Waals surface area (Å²) in [5.74, 6) is -0.301. The molecule has 0 spiro atoms. The molecule has 0 aliphatic carbocycles. The number of nitrogens with zero attached hydrogens (tertiary/aromatic N) is 3. The van der Waals surface area contributed by atoms with Crippen molar-refractivity contribution in [3.05, 3.63) is 48.4 Å². The fraction of sp³-hybridized carbons (Fsp3) is 0.368. The zero-order chi connectivity index (χ0) is 20.1. The van der Waals surface area contributed by atoms with Crippen molar-refractivity contribution in [3.63, 3.8) is 0 Å². The highest BCUT2D eigenvalue weighted by Gasteiger charge is 2.26. The summed E-state index contributed by atoms with van der Waals surface area (Å²) in [6.07, 6.45) is 4.10. The van der Waals surface area contributed by atoms with E-state index < -0.39 is 15.8 Å². The highest BCUT2D eigenvalue weighted by atomic mass is 32.2. The summed E-state index contributed by atoms with van der Waals surface area (Å²) >= 11 is 0. The number of hydrogen-bond acceptors (Lipinski definition) is 5. The Morgan fingerprint density at radius 2 is 1.96 bits per heavy atom. The van der Waals surface area contributed by atoms with Gasteiger partial charge < -0.3 is 10.2 Å². The van der Waals surface area contributed by atoms with E-state index in [-0.39, 0.29) is 17.3 Å². The Labute approximate surface area is 164 Å². The van der Waals surface area contributed by atoms with Crippen LogP contribution in [-0.2, 0) is 14.8 Å². The van der Waals surface area contributed by atoms with E-state index in [0.717, 1.165) is 19.3 Å². The van der Waals surface area contributed by atoms with Gasteiger partial charge in [-0.3, -0.25) is 4.79 Å². The Bertz CT molecular complexity index is 928. The van der Waals surface area contributed by atoms with Gasteiger partial charge >= 0.3 is 0 Å². The summed E-state index contributed by atoms with van der Waals surface area (Å²) in [6.45, 7) is 1.05. The van der Waals surface area contributed by atoms with Gasteiger partial charge in [-0.25, -0.2) is 17.8 Å². The molecule has 7 nitrogen and oxygen atoms in total. The number of carbonyl (C=O) groups is 1. The highest BCUT2D eigenvalue weighted by Crippen LogP contribution is 2.21. The molecule has 1 fully saturated rings. The minimum atomic E-state index is -3.53. The summed E-state index contributed by atoms with van der Waals surface area (Å²) in [6, 6.07) is 8.72. The maximum absolute atomic E-state index is 13.2. The van der Waals surface area contributed by atoms with E-state index in [9.17, 15) is 17.6 Å². The molecular weight excluding hydrogens is 383 g/mol. The van der Waals surface area contributed by atoms with E-state index in [2.05, 4.69) is 10.3 Å². The molecule has 1 saturated heterocycles. The largest absolute Gasteiger partial charge is 0.350 e. The van der Waals surface area contributed by atoms with Gasteiger partial charge in [0.05, 0.1) is 6.54 Å². The Morgan fingerprint density at radius 3 is 2.61 bits per heavy atom. The Morgan fingerprint density at radius 1 is 1.21 bits per heavy atom. The molecular formula is C19H23FN4O3S. The van der Waals surface area contributed by atoms with E-state index in [1.54, 1.807) is 24.1 Å². The third-order valence-electron chi connectivity index (χ3n) is 4.55. The molecule has 1 amide bonds. The number of rotatable bonds is 6. The number of likely N-dealkylation sites (N-methyl/N-ethyl adjacent to an activating group) is 1. The summed E-state index contributed by atoms with van der Waals surface area (Å²) in [5.41, 5.74) is 0.370. The van der Waals surface area contributed by atoms with Gasteiger partial charge in [0.1, 0.15) is 16.5 Å². The predicted octanol–water partition coefficient (Wildman–Crippen LogP) is 2.47. The first kappa shape index (κ1) is 20.2. The molecule has 2 aromatic rings. The van der Waals surface area contributed by atoms with E-state index in [0.29, 0.717) is 24.6 Å². The Balaban J connectivity index is 1.63. The SMILES string of the molecule is CN(CC(=O)Nc1cccc(F)c1)c1ccc(S(=O)(=O)N2CCCCC2)cn1. The lowest BCUT2D eigenvalue weighted by atomic mass is 10.2. The van der Waals surface area contributed by atoms with E-state index >= 15 is 0 Å². The molecule has 0 saturated carbocycles. The lowest BCUT2D eigenvalue weighted by molar-refractivity contribution is -0.114. The van der Waals surface area contributed by atoms with Crippen LogP contribution in [0.1, 0.15) is 19.3 Å². The number of carbonyl (C=O) groups excluding carboxylic acids is 1. The number of piperidine rings is 1.